The van der Waals surface area contributed by atoms with E-state index in [1.54, 1.807) is 36.4 Å². The number of esters is 1. The second-order valence-corrected chi connectivity index (χ2v) is 7.81. The Balaban J connectivity index is 1.41. The van der Waals surface area contributed by atoms with Crippen molar-refractivity contribution in [3.05, 3.63) is 65.7 Å². The fraction of sp³-hybridized carbons (Fsp3) is 0.222. The molecule has 3 aromatic rings. The summed E-state index contributed by atoms with van der Waals surface area (Å²) in [6.07, 6.45) is 0.580. The number of hydrogen-bond acceptors (Lipinski definition) is 10. The Kier molecular flexibility index (Phi) is 8.17. The lowest BCUT2D eigenvalue weighted by molar-refractivity contribution is -0.130. The molecule has 11 heteroatoms. The van der Waals surface area contributed by atoms with Crippen molar-refractivity contribution in [3.8, 4) is 40.2 Å². The lowest BCUT2D eigenvalue weighted by atomic mass is 10.1. The highest BCUT2D eigenvalue weighted by atomic mass is 16.6. The zero-order valence-corrected chi connectivity index (χ0v) is 21.2. The van der Waals surface area contributed by atoms with Crippen molar-refractivity contribution < 1.29 is 42.7 Å². The first-order valence-electron chi connectivity index (χ1n) is 11.4. The molecule has 4 rings (SSSR count). The molecular weight excluding hydrogens is 496 g/mol. The average molecular weight is 523 g/mol. The Labute approximate surface area is 218 Å². The second kappa shape index (κ2) is 11.9. The molecule has 0 aliphatic carbocycles. The largest absolute Gasteiger partial charge is 0.493 e. The van der Waals surface area contributed by atoms with E-state index < -0.39 is 18.0 Å². The van der Waals surface area contributed by atoms with Crippen LogP contribution in [0.4, 0.5) is 0 Å². The van der Waals surface area contributed by atoms with Gasteiger partial charge in [-0.15, -0.1) is 0 Å². The molecule has 1 aliphatic heterocycles. The van der Waals surface area contributed by atoms with Crippen LogP contribution in [0.5, 0.6) is 40.2 Å². The lowest BCUT2D eigenvalue weighted by Gasteiger charge is -2.24. The number of amides is 1. The van der Waals surface area contributed by atoms with Gasteiger partial charge in [0.15, 0.2) is 34.5 Å². The van der Waals surface area contributed by atoms with Crippen molar-refractivity contribution in [3.63, 3.8) is 0 Å². The molecule has 0 saturated heterocycles. The van der Waals surface area contributed by atoms with Gasteiger partial charge >= 0.3 is 5.97 Å². The molecule has 0 bridgehead atoms. The number of carbonyl (C=O) groups is 2. The third kappa shape index (κ3) is 5.72. The van der Waals surface area contributed by atoms with Crippen LogP contribution >= 0.6 is 0 Å². The van der Waals surface area contributed by atoms with Crippen LogP contribution in [0.1, 0.15) is 15.9 Å². The molecule has 1 N–H and O–H groups in total. The Hall–Kier alpha value is -4.93. The monoisotopic (exact) mass is 522 g/mol. The summed E-state index contributed by atoms with van der Waals surface area (Å²) in [5.41, 5.74) is 3.20. The molecule has 1 unspecified atom stereocenters. The van der Waals surface area contributed by atoms with Crippen molar-refractivity contribution in [2.45, 2.75) is 6.10 Å². The topological polar surface area (TPSA) is 123 Å². The van der Waals surface area contributed by atoms with Crippen LogP contribution in [0.2, 0.25) is 0 Å². The number of fused-ring (bicyclic) bond motifs is 1. The van der Waals surface area contributed by atoms with Crippen molar-refractivity contribution >= 4 is 18.1 Å². The number of nitrogens with one attached hydrogen (secondary N) is 1. The van der Waals surface area contributed by atoms with Gasteiger partial charge in [-0.05, 0) is 48.0 Å². The maximum atomic E-state index is 12.9. The number of methoxy groups -OCH3 is 4. The van der Waals surface area contributed by atoms with Gasteiger partial charge in [0.1, 0.15) is 6.61 Å². The normalized spacial score (nSPS) is 13.9. The molecule has 38 heavy (non-hydrogen) atoms. The highest BCUT2D eigenvalue weighted by Crippen LogP contribution is 2.39. The molecule has 0 fully saturated rings. The van der Waals surface area contributed by atoms with Gasteiger partial charge in [0, 0.05) is 0 Å². The van der Waals surface area contributed by atoms with E-state index in [9.17, 15) is 9.59 Å². The van der Waals surface area contributed by atoms with Gasteiger partial charge in [-0.3, -0.25) is 4.79 Å². The summed E-state index contributed by atoms with van der Waals surface area (Å²) in [6.45, 7) is 0.0677. The summed E-state index contributed by atoms with van der Waals surface area (Å²) in [7, 11) is 5.81. The maximum Gasteiger partial charge on any atom is 0.343 e. The van der Waals surface area contributed by atoms with Crippen LogP contribution in [-0.2, 0) is 4.79 Å². The standard InChI is InChI=1S/C27H26N2O9/c1-32-21-11-16(14-28-29-26(30)24-15-36-18-7-5-6-8-19(18)37-24)9-10-20(21)38-27(31)17-12-22(33-2)25(35-4)23(13-17)34-3/h5-14,24H,15H2,1-4H3,(H,29,30). The number of ether oxygens (including phenoxy) is 7. The van der Waals surface area contributed by atoms with Gasteiger partial charge < -0.3 is 33.2 Å². The van der Waals surface area contributed by atoms with Crippen LogP contribution in [0.15, 0.2) is 59.7 Å². The smallest absolute Gasteiger partial charge is 0.343 e. The van der Waals surface area contributed by atoms with Gasteiger partial charge in [0.05, 0.1) is 40.2 Å². The molecule has 1 atom stereocenters. The van der Waals surface area contributed by atoms with Gasteiger partial charge in [-0.2, -0.15) is 5.10 Å². The highest BCUT2D eigenvalue weighted by Gasteiger charge is 2.27. The number of rotatable bonds is 9. The maximum absolute atomic E-state index is 12.9. The number of para-hydroxylation sites is 2. The lowest BCUT2D eigenvalue weighted by Crippen LogP contribution is -2.42. The van der Waals surface area contributed by atoms with E-state index in [2.05, 4.69) is 10.5 Å². The molecule has 0 aromatic heterocycles. The Morgan fingerprint density at radius 2 is 1.55 bits per heavy atom. The van der Waals surface area contributed by atoms with Crippen LogP contribution in [0, 0.1) is 0 Å². The van der Waals surface area contributed by atoms with Crippen LogP contribution < -0.4 is 38.6 Å². The minimum atomic E-state index is -0.839. The van der Waals surface area contributed by atoms with Crippen LogP contribution in [-0.4, -0.2) is 59.2 Å². The molecule has 198 valence electrons. The van der Waals surface area contributed by atoms with Gasteiger partial charge in [0.2, 0.25) is 11.9 Å². The van der Waals surface area contributed by atoms with Gasteiger partial charge in [-0.25, -0.2) is 10.2 Å². The summed E-state index contributed by atoms with van der Waals surface area (Å²) in [5, 5.41) is 3.98. The molecular formula is C27H26N2O9. The number of benzene rings is 3. The summed E-state index contributed by atoms with van der Waals surface area (Å²) >= 11 is 0. The van der Waals surface area contributed by atoms with Crippen molar-refractivity contribution in [1.29, 1.82) is 0 Å². The SMILES string of the molecule is COc1cc(C=NNC(=O)C2COc3ccccc3O2)ccc1OC(=O)c1cc(OC)c(OC)c(OC)c1. The molecule has 3 aromatic carbocycles. The summed E-state index contributed by atoms with van der Waals surface area (Å²) in [5.74, 6) is 1.39. The molecule has 1 heterocycles. The summed E-state index contributed by atoms with van der Waals surface area (Å²) in [4.78, 5) is 25.3. The molecule has 0 saturated carbocycles. The third-order valence-corrected chi connectivity index (χ3v) is 5.48. The van der Waals surface area contributed by atoms with E-state index in [1.807, 2.05) is 6.07 Å². The minimum absolute atomic E-state index is 0.0677. The van der Waals surface area contributed by atoms with E-state index in [1.165, 1.54) is 46.8 Å². The molecule has 0 radical (unpaired) electrons. The fourth-order valence-electron chi connectivity index (χ4n) is 3.60. The zero-order valence-electron chi connectivity index (χ0n) is 21.2. The van der Waals surface area contributed by atoms with E-state index in [4.69, 9.17) is 33.2 Å². The number of hydrazone groups is 1. The third-order valence-electron chi connectivity index (χ3n) is 5.48. The van der Waals surface area contributed by atoms with Crippen LogP contribution in [0.25, 0.3) is 0 Å². The van der Waals surface area contributed by atoms with Gasteiger partial charge in [0.25, 0.3) is 5.91 Å². The fourth-order valence-corrected chi connectivity index (χ4v) is 3.60. The Morgan fingerprint density at radius 3 is 2.21 bits per heavy atom. The first-order chi connectivity index (χ1) is 18.5. The minimum Gasteiger partial charge on any atom is -0.493 e. The number of carbonyl (C=O) groups excluding carboxylic acids is 2. The first kappa shape index (κ1) is 26.1. The highest BCUT2D eigenvalue weighted by molar-refractivity contribution is 5.93. The number of nitrogens with zero attached hydrogens (tertiary/aromatic N) is 1. The first-order valence-corrected chi connectivity index (χ1v) is 11.4. The van der Waals surface area contributed by atoms with E-state index >= 15 is 0 Å². The molecule has 11 nitrogen and oxygen atoms in total. The van der Waals surface area contributed by atoms with Crippen molar-refractivity contribution in [1.82, 2.24) is 5.43 Å². The quantitative estimate of drug-likeness (QED) is 0.195. The Bertz CT molecular complexity index is 1330. The molecule has 0 spiro atoms. The summed E-state index contributed by atoms with van der Waals surface area (Å²) in [6, 6.07) is 14.9. The van der Waals surface area contributed by atoms with E-state index in [0.717, 1.165) is 0 Å². The molecule has 1 aliphatic rings. The van der Waals surface area contributed by atoms with Crippen LogP contribution in [0.3, 0.4) is 0 Å². The van der Waals surface area contributed by atoms with Crippen molar-refractivity contribution in [2.24, 2.45) is 5.10 Å². The number of hydrogen-bond donors (Lipinski definition) is 1. The Morgan fingerprint density at radius 1 is 0.868 bits per heavy atom. The predicted octanol–water partition coefficient (Wildman–Crippen LogP) is 3.23. The molecule has 1 amide bonds. The van der Waals surface area contributed by atoms with Crippen molar-refractivity contribution in [2.75, 3.05) is 35.0 Å². The van der Waals surface area contributed by atoms with Gasteiger partial charge in [-0.1, -0.05) is 12.1 Å². The summed E-state index contributed by atoms with van der Waals surface area (Å²) < 4.78 is 38.0. The predicted molar refractivity (Wildman–Crippen MR) is 136 cm³/mol. The second-order valence-electron chi connectivity index (χ2n) is 7.81. The zero-order chi connectivity index (χ0) is 27.1. The van der Waals surface area contributed by atoms with E-state index in [0.29, 0.717) is 34.3 Å². The average Bonchev–Trinajstić information content (AvgIpc) is 2.96. The van der Waals surface area contributed by atoms with E-state index in [-0.39, 0.29) is 23.7 Å².